The number of rotatable bonds is 7. The number of ether oxygens (including phenoxy) is 2. The van der Waals surface area contributed by atoms with Crippen molar-refractivity contribution in [2.24, 2.45) is 0 Å². The molecule has 0 bridgehead atoms. The van der Waals surface area contributed by atoms with Crippen LogP contribution in [0.1, 0.15) is 24.1 Å². The third kappa shape index (κ3) is 4.62. The lowest BCUT2D eigenvalue weighted by atomic mass is 10.1. The van der Waals surface area contributed by atoms with Crippen LogP contribution in [-0.4, -0.2) is 30.0 Å². The molecule has 0 aliphatic carbocycles. The normalized spacial score (nSPS) is 11.5. The Morgan fingerprint density at radius 2 is 1.86 bits per heavy atom. The van der Waals surface area contributed by atoms with Crippen LogP contribution < -0.4 is 20.1 Å². The highest BCUT2D eigenvalue weighted by Gasteiger charge is 2.13. The molecule has 1 unspecified atom stereocenters. The van der Waals surface area contributed by atoms with Crippen molar-refractivity contribution in [1.29, 1.82) is 0 Å². The number of methoxy groups -OCH3 is 2. The molecule has 7 heteroatoms. The van der Waals surface area contributed by atoms with E-state index < -0.39 is 0 Å². The second kappa shape index (κ2) is 8.94. The Morgan fingerprint density at radius 3 is 2.57 bits per heavy atom. The van der Waals surface area contributed by atoms with E-state index in [1.807, 2.05) is 61.7 Å². The summed E-state index contributed by atoms with van der Waals surface area (Å²) >= 11 is 0. The molecule has 146 valence electrons. The first kappa shape index (κ1) is 19.3. The number of hydrogen-bond donors (Lipinski definition) is 2. The summed E-state index contributed by atoms with van der Waals surface area (Å²) < 4.78 is 12.3. The fourth-order valence-corrected chi connectivity index (χ4v) is 2.81. The van der Waals surface area contributed by atoms with E-state index in [1.54, 1.807) is 25.1 Å². The van der Waals surface area contributed by atoms with E-state index in [0.29, 0.717) is 18.0 Å². The molecule has 2 aromatic carbocycles. The summed E-state index contributed by atoms with van der Waals surface area (Å²) in [6.45, 7) is 2.30. The molecule has 2 N–H and O–H groups in total. The zero-order chi connectivity index (χ0) is 19.9. The van der Waals surface area contributed by atoms with Crippen LogP contribution in [0, 0.1) is 0 Å². The van der Waals surface area contributed by atoms with Gasteiger partial charge >= 0.3 is 6.03 Å². The molecule has 1 aromatic heterocycles. The Morgan fingerprint density at radius 1 is 1.11 bits per heavy atom. The van der Waals surface area contributed by atoms with E-state index in [2.05, 4.69) is 15.7 Å². The van der Waals surface area contributed by atoms with Gasteiger partial charge in [-0.05, 0) is 36.8 Å². The van der Waals surface area contributed by atoms with Crippen LogP contribution in [0.2, 0.25) is 0 Å². The Bertz CT molecular complexity index is 924. The summed E-state index contributed by atoms with van der Waals surface area (Å²) in [5, 5.41) is 10.1. The molecule has 3 aromatic rings. The quantitative estimate of drug-likeness (QED) is 0.658. The number of urea groups is 1. The molecule has 1 atom stereocenters. The van der Waals surface area contributed by atoms with Gasteiger partial charge in [-0.1, -0.05) is 24.3 Å². The lowest BCUT2D eigenvalue weighted by Crippen LogP contribution is -2.36. The highest BCUT2D eigenvalue weighted by molar-refractivity contribution is 5.74. The molecular formula is C21H24N4O3. The maximum atomic E-state index is 12.2. The van der Waals surface area contributed by atoms with E-state index >= 15 is 0 Å². The number of aromatic nitrogens is 2. The van der Waals surface area contributed by atoms with Gasteiger partial charge < -0.3 is 20.1 Å². The third-order valence-electron chi connectivity index (χ3n) is 4.37. The third-order valence-corrected chi connectivity index (χ3v) is 4.37. The number of carbonyl (C=O) groups is 1. The number of para-hydroxylation sites is 1. The lowest BCUT2D eigenvalue weighted by molar-refractivity contribution is 0.237. The van der Waals surface area contributed by atoms with Crippen molar-refractivity contribution < 1.29 is 14.3 Å². The summed E-state index contributed by atoms with van der Waals surface area (Å²) in [7, 11) is 3.18. The van der Waals surface area contributed by atoms with Crippen LogP contribution in [0.4, 0.5) is 4.79 Å². The minimum atomic E-state index is -0.255. The molecule has 0 saturated heterocycles. The number of benzene rings is 2. The topological polar surface area (TPSA) is 77.4 Å². The van der Waals surface area contributed by atoms with Gasteiger partial charge in [0.05, 0.1) is 32.1 Å². The molecule has 3 rings (SSSR count). The van der Waals surface area contributed by atoms with Crippen molar-refractivity contribution in [3.8, 4) is 17.2 Å². The van der Waals surface area contributed by atoms with Crippen LogP contribution in [0.5, 0.6) is 11.5 Å². The van der Waals surface area contributed by atoms with E-state index in [0.717, 1.165) is 16.8 Å². The van der Waals surface area contributed by atoms with Crippen molar-refractivity contribution in [2.75, 3.05) is 14.2 Å². The Kier molecular flexibility index (Phi) is 6.16. The monoisotopic (exact) mass is 380 g/mol. The van der Waals surface area contributed by atoms with Gasteiger partial charge in [-0.25, -0.2) is 9.48 Å². The van der Waals surface area contributed by atoms with Gasteiger partial charge in [0, 0.05) is 18.3 Å². The second-order valence-corrected chi connectivity index (χ2v) is 6.29. The van der Waals surface area contributed by atoms with Crippen molar-refractivity contribution in [1.82, 2.24) is 20.4 Å². The maximum absolute atomic E-state index is 12.2. The summed E-state index contributed by atoms with van der Waals surface area (Å²) in [6, 6.07) is 15.0. The highest BCUT2D eigenvalue weighted by atomic mass is 16.5. The minimum Gasteiger partial charge on any atom is -0.493 e. The molecule has 0 spiro atoms. The molecule has 28 heavy (non-hydrogen) atoms. The first-order valence-corrected chi connectivity index (χ1v) is 8.96. The van der Waals surface area contributed by atoms with Gasteiger partial charge in [-0.3, -0.25) is 0 Å². The van der Waals surface area contributed by atoms with E-state index in [9.17, 15) is 4.79 Å². The maximum Gasteiger partial charge on any atom is 0.315 e. The highest BCUT2D eigenvalue weighted by Crippen LogP contribution is 2.29. The summed E-state index contributed by atoms with van der Waals surface area (Å²) in [5.41, 5.74) is 2.81. The van der Waals surface area contributed by atoms with E-state index in [1.165, 1.54) is 0 Å². The molecule has 7 nitrogen and oxygen atoms in total. The van der Waals surface area contributed by atoms with Crippen LogP contribution in [0.15, 0.2) is 60.9 Å². The van der Waals surface area contributed by atoms with Gasteiger partial charge in [-0.15, -0.1) is 0 Å². The first-order chi connectivity index (χ1) is 13.6. The van der Waals surface area contributed by atoms with Crippen LogP contribution >= 0.6 is 0 Å². The standard InChI is InChI=1S/C21H24N4O3/c1-15(17-9-10-19(27-2)20(11-17)28-3)24-21(26)22-12-16-13-23-25(14-16)18-7-5-4-6-8-18/h4-11,13-15H,12H2,1-3H3,(H2,22,24,26). The Hall–Kier alpha value is -3.48. The summed E-state index contributed by atoms with van der Waals surface area (Å²) in [5.74, 6) is 1.28. The smallest absolute Gasteiger partial charge is 0.315 e. The average molecular weight is 380 g/mol. The molecule has 0 aliphatic rings. The van der Waals surface area contributed by atoms with Gasteiger partial charge in [0.15, 0.2) is 11.5 Å². The number of nitrogens with one attached hydrogen (secondary N) is 2. The number of amides is 2. The predicted octanol–water partition coefficient (Wildman–Crippen LogP) is 3.45. The predicted molar refractivity (Wildman–Crippen MR) is 107 cm³/mol. The summed E-state index contributed by atoms with van der Waals surface area (Å²) in [6.07, 6.45) is 3.64. The van der Waals surface area contributed by atoms with Gasteiger partial charge in [-0.2, -0.15) is 5.10 Å². The fraction of sp³-hybridized carbons (Fsp3) is 0.238. The second-order valence-electron chi connectivity index (χ2n) is 6.29. The molecule has 1 heterocycles. The summed E-state index contributed by atoms with van der Waals surface area (Å²) in [4.78, 5) is 12.2. The number of hydrogen-bond acceptors (Lipinski definition) is 4. The minimum absolute atomic E-state index is 0.188. The van der Waals surface area contributed by atoms with Crippen molar-refractivity contribution >= 4 is 6.03 Å². The van der Waals surface area contributed by atoms with Crippen molar-refractivity contribution in [2.45, 2.75) is 19.5 Å². The zero-order valence-electron chi connectivity index (χ0n) is 16.2. The van der Waals surface area contributed by atoms with Gasteiger partial charge in [0.1, 0.15) is 0 Å². The molecule has 2 amide bonds. The van der Waals surface area contributed by atoms with Crippen molar-refractivity contribution in [3.63, 3.8) is 0 Å². The van der Waals surface area contributed by atoms with Crippen LogP contribution in [-0.2, 0) is 6.54 Å². The molecule has 0 aliphatic heterocycles. The molecule has 0 saturated carbocycles. The van der Waals surface area contributed by atoms with Crippen LogP contribution in [0.25, 0.3) is 5.69 Å². The molecular weight excluding hydrogens is 356 g/mol. The van der Waals surface area contributed by atoms with E-state index in [-0.39, 0.29) is 12.1 Å². The van der Waals surface area contributed by atoms with Crippen molar-refractivity contribution in [3.05, 3.63) is 72.1 Å². The van der Waals surface area contributed by atoms with Gasteiger partial charge in [0.2, 0.25) is 0 Å². The Labute approximate surface area is 164 Å². The average Bonchev–Trinajstić information content (AvgIpc) is 3.21. The lowest BCUT2D eigenvalue weighted by Gasteiger charge is -2.17. The largest absolute Gasteiger partial charge is 0.493 e. The molecule has 0 radical (unpaired) electrons. The number of nitrogens with zero attached hydrogens (tertiary/aromatic N) is 2. The van der Waals surface area contributed by atoms with E-state index in [4.69, 9.17) is 9.47 Å². The zero-order valence-corrected chi connectivity index (χ0v) is 16.2. The number of carbonyl (C=O) groups excluding carboxylic acids is 1. The fourth-order valence-electron chi connectivity index (χ4n) is 2.81. The Balaban J connectivity index is 1.55. The molecule has 0 fully saturated rings. The van der Waals surface area contributed by atoms with Crippen LogP contribution in [0.3, 0.4) is 0 Å². The van der Waals surface area contributed by atoms with Gasteiger partial charge in [0.25, 0.3) is 0 Å². The first-order valence-electron chi connectivity index (χ1n) is 8.96. The SMILES string of the molecule is COc1ccc(C(C)NC(=O)NCc2cnn(-c3ccccc3)c2)cc1OC.